The monoisotopic (exact) mass is 281 g/mol. The molecule has 108 valence electrons. The molecule has 0 heterocycles. The molecule has 0 aliphatic heterocycles. The maximum Gasteiger partial charge on any atom is 0.255 e. The molecule has 1 aliphatic rings. The Labute approximate surface area is 124 Å². The lowest BCUT2D eigenvalue weighted by molar-refractivity contribution is 0.0944. The van der Waals surface area contributed by atoms with Crippen molar-refractivity contribution in [1.29, 1.82) is 0 Å². The number of phenolic OH excluding ortho intramolecular Hbond substituents is 1. The summed E-state index contributed by atoms with van der Waals surface area (Å²) in [6, 6.07) is 11.1. The van der Waals surface area contributed by atoms with Crippen molar-refractivity contribution in [3.05, 3.63) is 54.1 Å². The highest BCUT2D eigenvalue weighted by Crippen LogP contribution is 2.25. The number of rotatable bonds is 3. The molecule has 1 atom stereocenters. The molecule has 3 rings (SSSR count). The molecule has 3 heteroatoms. The first-order valence-electron chi connectivity index (χ1n) is 7.39. The fraction of sp³-hybridized carbons (Fsp3) is 0.278. The maximum atomic E-state index is 12.3. The summed E-state index contributed by atoms with van der Waals surface area (Å²) in [4.78, 5) is 12.3. The zero-order valence-electron chi connectivity index (χ0n) is 11.9. The van der Waals surface area contributed by atoms with E-state index in [0.29, 0.717) is 18.0 Å². The largest absolute Gasteiger partial charge is 0.507 e. The second-order valence-corrected chi connectivity index (χ2v) is 5.58. The van der Waals surface area contributed by atoms with Crippen LogP contribution in [0, 0.1) is 5.92 Å². The number of phenols is 1. The third-order valence-electron chi connectivity index (χ3n) is 4.04. The molecule has 0 saturated carbocycles. The number of benzene rings is 2. The number of carbonyl (C=O) groups excluding carboxylic acids is 1. The predicted octanol–water partition coefficient (Wildman–Crippen LogP) is 3.63. The minimum absolute atomic E-state index is 0.0368. The molecule has 0 spiro atoms. The predicted molar refractivity (Wildman–Crippen MR) is 84.4 cm³/mol. The molecule has 21 heavy (non-hydrogen) atoms. The first kappa shape index (κ1) is 13.7. The van der Waals surface area contributed by atoms with Gasteiger partial charge in [0.25, 0.3) is 5.91 Å². The quantitative estimate of drug-likeness (QED) is 0.844. The van der Waals surface area contributed by atoms with Crippen LogP contribution in [0.4, 0.5) is 0 Å². The minimum atomic E-state index is -0.201. The molecule has 0 saturated heterocycles. The van der Waals surface area contributed by atoms with Crippen molar-refractivity contribution in [1.82, 2.24) is 5.32 Å². The lowest BCUT2D eigenvalue weighted by Crippen LogP contribution is -2.29. The third kappa shape index (κ3) is 3.07. The van der Waals surface area contributed by atoms with E-state index in [1.54, 1.807) is 12.1 Å². The van der Waals surface area contributed by atoms with Crippen LogP contribution in [0.3, 0.4) is 0 Å². The molecule has 2 aromatic rings. The summed E-state index contributed by atoms with van der Waals surface area (Å²) in [5.74, 6) is 0.337. The Morgan fingerprint density at radius 3 is 2.67 bits per heavy atom. The van der Waals surface area contributed by atoms with Crippen LogP contribution in [0.5, 0.6) is 5.75 Å². The van der Waals surface area contributed by atoms with Gasteiger partial charge in [-0.1, -0.05) is 36.4 Å². The van der Waals surface area contributed by atoms with E-state index in [-0.39, 0.29) is 11.7 Å². The Morgan fingerprint density at radius 1 is 1.19 bits per heavy atom. The summed E-state index contributed by atoms with van der Waals surface area (Å²) < 4.78 is 0. The summed E-state index contributed by atoms with van der Waals surface area (Å²) in [7, 11) is 0. The van der Waals surface area contributed by atoms with Crippen molar-refractivity contribution in [3.63, 3.8) is 0 Å². The van der Waals surface area contributed by atoms with E-state index in [9.17, 15) is 9.90 Å². The fourth-order valence-electron chi connectivity index (χ4n) is 2.78. The Balaban J connectivity index is 1.74. The lowest BCUT2D eigenvalue weighted by Gasteiger charge is -2.18. The smallest absolute Gasteiger partial charge is 0.255 e. The molecule has 2 N–H and O–H groups in total. The number of aromatic hydroxyl groups is 1. The molecule has 0 fully saturated rings. The highest BCUT2D eigenvalue weighted by Gasteiger charge is 2.15. The SMILES string of the molecule is O=C(NCC1CC=CCC1)c1cc2ccccc2cc1O. The number of fused-ring (bicyclic) bond motifs is 1. The fourth-order valence-corrected chi connectivity index (χ4v) is 2.78. The van der Waals surface area contributed by atoms with E-state index >= 15 is 0 Å². The van der Waals surface area contributed by atoms with Gasteiger partial charge in [0.1, 0.15) is 5.75 Å². The second-order valence-electron chi connectivity index (χ2n) is 5.58. The van der Waals surface area contributed by atoms with Gasteiger partial charge >= 0.3 is 0 Å². The third-order valence-corrected chi connectivity index (χ3v) is 4.04. The van der Waals surface area contributed by atoms with E-state index in [4.69, 9.17) is 0 Å². The zero-order chi connectivity index (χ0) is 14.7. The summed E-state index contributed by atoms with van der Waals surface area (Å²) in [6.45, 7) is 0.662. The van der Waals surface area contributed by atoms with Gasteiger partial charge in [-0.2, -0.15) is 0 Å². The first-order chi connectivity index (χ1) is 10.2. The van der Waals surface area contributed by atoms with E-state index in [0.717, 1.165) is 30.0 Å². The first-order valence-corrected chi connectivity index (χ1v) is 7.39. The van der Waals surface area contributed by atoms with Crippen molar-refractivity contribution >= 4 is 16.7 Å². The van der Waals surface area contributed by atoms with Crippen molar-refractivity contribution in [2.75, 3.05) is 6.54 Å². The lowest BCUT2D eigenvalue weighted by atomic mass is 9.94. The van der Waals surface area contributed by atoms with Gasteiger partial charge in [0.2, 0.25) is 0 Å². The molecular formula is C18H19NO2. The van der Waals surface area contributed by atoms with E-state index in [2.05, 4.69) is 17.5 Å². The van der Waals surface area contributed by atoms with Gasteiger partial charge in [0.15, 0.2) is 0 Å². The topological polar surface area (TPSA) is 49.3 Å². The number of allylic oxidation sites excluding steroid dienone is 2. The van der Waals surface area contributed by atoms with Crippen molar-refractivity contribution in [2.24, 2.45) is 5.92 Å². The van der Waals surface area contributed by atoms with Crippen LogP contribution < -0.4 is 5.32 Å². The van der Waals surface area contributed by atoms with Gasteiger partial charge < -0.3 is 10.4 Å². The van der Waals surface area contributed by atoms with Crippen LogP contribution in [0.2, 0.25) is 0 Å². The summed E-state index contributed by atoms with van der Waals surface area (Å²) in [5.41, 5.74) is 0.347. The molecule has 1 unspecified atom stereocenters. The van der Waals surface area contributed by atoms with Crippen molar-refractivity contribution in [3.8, 4) is 5.75 Å². The minimum Gasteiger partial charge on any atom is -0.507 e. The summed E-state index contributed by atoms with van der Waals surface area (Å²) in [5, 5.41) is 14.9. The van der Waals surface area contributed by atoms with Crippen molar-refractivity contribution in [2.45, 2.75) is 19.3 Å². The van der Waals surface area contributed by atoms with Crippen molar-refractivity contribution < 1.29 is 9.90 Å². The number of amides is 1. The Morgan fingerprint density at radius 2 is 1.95 bits per heavy atom. The van der Waals surface area contributed by atoms with Gasteiger partial charge in [0.05, 0.1) is 5.56 Å². The summed E-state index contributed by atoms with van der Waals surface area (Å²) >= 11 is 0. The molecular weight excluding hydrogens is 262 g/mol. The standard InChI is InChI=1S/C18H19NO2/c20-17-11-15-9-5-4-8-14(15)10-16(17)18(21)19-12-13-6-2-1-3-7-13/h1-2,4-5,8-11,13,20H,3,6-7,12H2,(H,19,21). The van der Waals surface area contributed by atoms with Gasteiger partial charge in [-0.15, -0.1) is 0 Å². The van der Waals surface area contributed by atoms with E-state index in [1.807, 2.05) is 24.3 Å². The normalized spacial score (nSPS) is 17.8. The Kier molecular flexibility index (Phi) is 3.91. The Bertz CT molecular complexity index is 691. The van der Waals surface area contributed by atoms with Crippen LogP contribution in [-0.2, 0) is 0 Å². The molecule has 0 radical (unpaired) electrons. The van der Waals surface area contributed by atoms with E-state index < -0.39 is 0 Å². The van der Waals surface area contributed by atoms with Gasteiger partial charge in [-0.3, -0.25) is 4.79 Å². The number of hydrogen-bond acceptors (Lipinski definition) is 2. The molecule has 3 nitrogen and oxygen atoms in total. The van der Waals surface area contributed by atoms with Gasteiger partial charge in [-0.25, -0.2) is 0 Å². The van der Waals surface area contributed by atoms with E-state index in [1.165, 1.54) is 0 Å². The zero-order valence-corrected chi connectivity index (χ0v) is 11.9. The second kappa shape index (κ2) is 6.00. The van der Waals surface area contributed by atoms with Crippen LogP contribution in [-0.4, -0.2) is 17.6 Å². The van der Waals surface area contributed by atoms with Crippen LogP contribution in [0.25, 0.3) is 10.8 Å². The van der Waals surface area contributed by atoms with Crippen LogP contribution in [0.1, 0.15) is 29.6 Å². The highest BCUT2D eigenvalue weighted by molar-refractivity contribution is 6.01. The molecule has 1 amide bonds. The average Bonchev–Trinajstić information content (AvgIpc) is 2.53. The number of nitrogens with one attached hydrogen (secondary N) is 1. The molecule has 2 aromatic carbocycles. The van der Waals surface area contributed by atoms with Gasteiger partial charge in [-0.05, 0) is 48.1 Å². The number of hydrogen-bond donors (Lipinski definition) is 2. The molecule has 0 bridgehead atoms. The average molecular weight is 281 g/mol. The Hall–Kier alpha value is -2.29. The van der Waals surface area contributed by atoms with Crippen LogP contribution >= 0.6 is 0 Å². The highest BCUT2D eigenvalue weighted by atomic mass is 16.3. The molecule has 0 aromatic heterocycles. The maximum absolute atomic E-state index is 12.3. The van der Waals surface area contributed by atoms with Crippen LogP contribution in [0.15, 0.2) is 48.6 Å². The number of carbonyl (C=O) groups is 1. The van der Waals surface area contributed by atoms with Gasteiger partial charge in [0, 0.05) is 6.54 Å². The summed E-state index contributed by atoms with van der Waals surface area (Å²) in [6.07, 6.45) is 7.58. The molecule has 1 aliphatic carbocycles.